The molecule has 2 atom stereocenters. The standard InChI is InChI=1S/C17H29N7O/c1-4-24-14(2)19-20-17(24)13-21(3)15-6-9-22(10-15)11-16(25)12-23-8-5-7-18-23/h5,7-8,15-16,25H,4,6,9-13H2,1-3H3/t15-,16-/m0/s1. The zero-order valence-electron chi connectivity index (χ0n) is 15.4. The Labute approximate surface area is 149 Å². The van der Waals surface area contributed by atoms with E-state index in [4.69, 9.17) is 0 Å². The van der Waals surface area contributed by atoms with Gasteiger partial charge in [0.2, 0.25) is 0 Å². The average molecular weight is 347 g/mol. The molecule has 1 fully saturated rings. The highest BCUT2D eigenvalue weighted by Gasteiger charge is 2.27. The number of hydrogen-bond donors (Lipinski definition) is 1. The van der Waals surface area contributed by atoms with Crippen LogP contribution in [-0.4, -0.2) is 78.3 Å². The summed E-state index contributed by atoms with van der Waals surface area (Å²) in [5.41, 5.74) is 0. The molecule has 0 amide bonds. The molecule has 1 aliphatic rings. The Hall–Kier alpha value is -1.77. The largest absolute Gasteiger partial charge is 0.390 e. The minimum absolute atomic E-state index is 0.394. The number of aliphatic hydroxyl groups is 1. The van der Waals surface area contributed by atoms with Gasteiger partial charge in [-0.05, 0) is 39.9 Å². The number of hydrogen-bond acceptors (Lipinski definition) is 6. The lowest BCUT2D eigenvalue weighted by Gasteiger charge is -2.25. The highest BCUT2D eigenvalue weighted by atomic mass is 16.3. The molecular formula is C17H29N7O. The number of rotatable bonds is 8. The van der Waals surface area contributed by atoms with Crippen molar-refractivity contribution in [2.45, 2.75) is 52.0 Å². The third-order valence-corrected chi connectivity index (χ3v) is 5.02. The molecule has 0 radical (unpaired) electrons. The lowest BCUT2D eigenvalue weighted by atomic mass is 10.2. The smallest absolute Gasteiger partial charge is 0.147 e. The van der Waals surface area contributed by atoms with Crippen molar-refractivity contribution in [1.82, 2.24) is 34.3 Å². The molecular weight excluding hydrogens is 318 g/mol. The molecule has 0 bridgehead atoms. The third kappa shape index (κ3) is 4.45. The fourth-order valence-electron chi connectivity index (χ4n) is 3.62. The van der Waals surface area contributed by atoms with Crippen LogP contribution in [0.5, 0.6) is 0 Å². The van der Waals surface area contributed by atoms with Gasteiger partial charge in [-0.1, -0.05) is 0 Å². The molecule has 3 rings (SSSR count). The number of aromatic nitrogens is 5. The maximum Gasteiger partial charge on any atom is 0.147 e. The Balaban J connectivity index is 1.48. The fourth-order valence-corrected chi connectivity index (χ4v) is 3.62. The van der Waals surface area contributed by atoms with Gasteiger partial charge in [-0.3, -0.25) is 14.5 Å². The molecule has 0 aromatic carbocycles. The molecule has 1 N–H and O–H groups in total. The van der Waals surface area contributed by atoms with Crippen molar-refractivity contribution in [2.75, 3.05) is 26.7 Å². The van der Waals surface area contributed by atoms with Crippen LogP contribution in [0.25, 0.3) is 0 Å². The monoisotopic (exact) mass is 347 g/mol. The van der Waals surface area contributed by atoms with Crippen LogP contribution < -0.4 is 0 Å². The van der Waals surface area contributed by atoms with E-state index in [0.29, 0.717) is 19.1 Å². The Bertz CT molecular complexity index is 654. The normalized spacial score (nSPS) is 19.8. The first-order valence-corrected chi connectivity index (χ1v) is 9.03. The molecule has 2 aromatic heterocycles. The predicted octanol–water partition coefficient (Wildman–Crippen LogP) is 0.370. The molecule has 3 heterocycles. The molecule has 1 aliphatic heterocycles. The maximum atomic E-state index is 10.3. The van der Waals surface area contributed by atoms with Gasteiger partial charge in [0.1, 0.15) is 11.6 Å². The Morgan fingerprint density at radius 1 is 1.36 bits per heavy atom. The van der Waals surface area contributed by atoms with Crippen LogP contribution in [-0.2, 0) is 19.6 Å². The number of likely N-dealkylation sites (N-methyl/N-ethyl adjacent to an activating group) is 1. The molecule has 0 saturated carbocycles. The second-order valence-electron chi connectivity index (χ2n) is 6.91. The topological polar surface area (TPSA) is 75.2 Å². The van der Waals surface area contributed by atoms with Gasteiger partial charge in [-0.25, -0.2) is 0 Å². The van der Waals surface area contributed by atoms with Gasteiger partial charge in [0.25, 0.3) is 0 Å². The van der Waals surface area contributed by atoms with Gasteiger partial charge in [0.15, 0.2) is 0 Å². The first-order valence-electron chi connectivity index (χ1n) is 9.03. The van der Waals surface area contributed by atoms with Gasteiger partial charge >= 0.3 is 0 Å². The van der Waals surface area contributed by atoms with Crippen molar-refractivity contribution in [3.63, 3.8) is 0 Å². The molecule has 8 nitrogen and oxygen atoms in total. The molecule has 0 spiro atoms. The van der Waals surface area contributed by atoms with Gasteiger partial charge in [-0.2, -0.15) is 5.10 Å². The van der Waals surface area contributed by atoms with Gasteiger partial charge in [-0.15, -0.1) is 10.2 Å². The summed E-state index contributed by atoms with van der Waals surface area (Å²) in [6.45, 7) is 9.06. The Morgan fingerprint density at radius 3 is 2.92 bits per heavy atom. The molecule has 1 saturated heterocycles. The van der Waals surface area contributed by atoms with Crippen LogP contribution >= 0.6 is 0 Å². The second kappa shape index (κ2) is 8.07. The minimum atomic E-state index is -0.394. The lowest BCUT2D eigenvalue weighted by molar-refractivity contribution is 0.101. The van der Waals surface area contributed by atoms with E-state index in [1.165, 1.54) is 0 Å². The molecule has 25 heavy (non-hydrogen) atoms. The van der Waals surface area contributed by atoms with Crippen LogP contribution in [0.15, 0.2) is 18.5 Å². The first kappa shape index (κ1) is 18.0. The predicted molar refractivity (Wildman–Crippen MR) is 95.0 cm³/mol. The van der Waals surface area contributed by atoms with Gasteiger partial charge < -0.3 is 9.67 Å². The van der Waals surface area contributed by atoms with E-state index in [0.717, 1.165) is 44.2 Å². The number of β-amino-alcohol motifs (C(OH)–C–C–N with tert-alkyl or cyclic N) is 1. The minimum Gasteiger partial charge on any atom is -0.390 e. The fraction of sp³-hybridized carbons (Fsp3) is 0.706. The number of nitrogens with zero attached hydrogens (tertiary/aromatic N) is 7. The van der Waals surface area contributed by atoms with Crippen molar-refractivity contribution in [3.8, 4) is 0 Å². The van der Waals surface area contributed by atoms with E-state index in [-0.39, 0.29) is 0 Å². The van der Waals surface area contributed by atoms with Gasteiger partial charge in [0.05, 0.1) is 19.2 Å². The number of aliphatic hydroxyl groups excluding tert-OH is 1. The molecule has 0 unspecified atom stereocenters. The molecule has 0 aliphatic carbocycles. The average Bonchev–Trinajstić information content (AvgIpc) is 3.30. The second-order valence-corrected chi connectivity index (χ2v) is 6.91. The van der Waals surface area contributed by atoms with E-state index in [1.807, 2.05) is 19.2 Å². The summed E-state index contributed by atoms with van der Waals surface area (Å²) < 4.78 is 3.95. The van der Waals surface area contributed by atoms with Crippen LogP contribution in [0.1, 0.15) is 25.0 Å². The van der Waals surface area contributed by atoms with Crippen LogP contribution in [0, 0.1) is 6.92 Å². The zero-order valence-corrected chi connectivity index (χ0v) is 15.4. The van der Waals surface area contributed by atoms with E-state index >= 15 is 0 Å². The van der Waals surface area contributed by atoms with E-state index in [9.17, 15) is 5.11 Å². The SMILES string of the molecule is CCn1c(C)nnc1CN(C)[C@H]1CCN(C[C@H](O)Cn2cccn2)C1. The Kier molecular flexibility index (Phi) is 5.82. The Morgan fingerprint density at radius 2 is 2.20 bits per heavy atom. The number of aryl methyl sites for hydroxylation is 1. The summed E-state index contributed by atoms with van der Waals surface area (Å²) in [7, 11) is 2.15. The quantitative estimate of drug-likeness (QED) is 0.744. The van der Waals surface area contributed by atoms with Crippen molar-refractivity contribution in [2.24, 2.45) is 0 Å². The van der Waals surface area contributed by atoms with Crippen molar-refractivity contribution >= 4 is 0 Å². The summed E-state index contributed by atoms with van der Waals surface area (Å²) in [6.07, 6.45) is 4.35. The molecule has 8 heteroatoms. The molecule has 2 aromatic rings. The summed E-state index contributed by atoms with van der Waals surface area (Å²) >= 11 is 0. The summed E-state index contributed by atoms with van der Waals surface area (Å²) in [5, 5.41) is 22.9. The van der Waals surface area contributed by atoms with Crippen LogP contribution in [0.3, 0.4) is 0 Å². The van der Waals surface area contributed by atoms with Crippen molar-refractivity contribution in [3.05, 3.63) is 30.1 Å². The highest BCUT2D eigenvalue weighted by Crippen LogP contribution is 2.17. The highest BCUT2D eigenvalue weighted by molar-refractivity contribution is 4.95. The number of likely N-dealkylation sites (tertiary alicyclic amines) is 1. The maximum absolute atomic E-state index is 10.3. The third-order valence-electron chi connectivity index (χ3n) is 5.02. The summed E-state index contributed by atoms with van der Waals surface area (Å²) in [4.78, 5) is 4.70. The lowest BCUT2D eigenvalue weighted by Crippen LogP contribution is -2.38. The van der Waals surface area contributed by atoms with E-state index < -0.39 is 6.10 Å². The van der Waals surface area contributed by atoms with E-state index in [2.05, 4.69) is 43.6 Å². The van der Waals surface area contributed by atoms with Crippen molar-refractivity contribution in [1.29, 1.82) is 0 Å². The first-order chi connectivity index (χ1) is 12.1. The molecule has 138 valence electrons. The summed E-state index contributed by atoms with van der Waals surface area (Å²) in [6, 6.07) is 2.36. The summed E-state index contributed by atoms with van der Waals surface area (Å²) in [5.74, 6) is 2.00. The zero-order chi connectivity index (χ0) is 17.8. The van der Waals surface area contributed by atoms with Crippen LogP contribution in [0.4, 0.5) is 0 Å². The van der Waals surface area contributed by atoms with E-state index in [1.54, 1.807) is 10.9 Å². The van der Waals surface area contributed by atoms with Gasteiger partial charge in [0, 0.05) is 38.1 Å². The van der Waals surface area contributed by atoms with Crippen LogP contribution in [0.2, 0.25) is 0 Å². The van der Waals surface area contributed by atoms with Crippen molar-refractivity contribution < 1.29 is 5.11 Å².